The molecule has 6 heteroatoms. The summed E-state index contributed by atoms with van der Waals surface area (Å²) in [5.41, 5.74) is 1.94. The highest BCUT2D eigenvalue weighted by atomic mass is 35.5. The maximum Gasteiger partial charge on any atom is 0.252 e. The van der Waals surface area contributed by atoms with Gasteiger partial charge in [0.05, 0.1) is 17.2 Å². The van der Waals surface area contributed by atoms with Crippen LogP contribution in [0.3, 0.4) is 0 Å². The number of fused-ring (bicyclic) bond motifs is 2. The van der Waals surface area contributed by atoms with Crippen LogP contribution in [0.25, 0.3) is 0 Å². The lowest BCUT2D eigenvalue weighted by atomic mass is 9.67. The van der Waals surface area contributed by atoms with Crippen molar-refractivity contribution in [3.8, 4) is 0 Å². The zero-order chi connectivity index (χ0) is 21.0. The van der Waals surface area contributed by atoms with Crippen molar-refractivity contribution in [2.45, 2.75) is 51.5 Å². The maximum absolute atomic E-state index is 13.0. The molecular formula is C24H36ClN3O2. The predicted molar refractivity (Wildman–Crippen MR) is 121 cm³/mol. The van der Waals surface area contributed by atoms with Gasteiger partial charge in [-0.25, -0.2) is 0 Å². The number of benzene rings is 1. The summed E-state index contributed by atoms with van der Waals surface area (Å²) in [4.78, 5) is 13.0. The van der Waals surface area contributed by atoms with E-state index in [1.807, 2.05) is 18.2 Å². The minimum atomic E-state index is -0.0421. The van der Waals surface area contributed by atoms with E-state index in [9.17, 15) is 4.79 Å². The highest BCUT2D eigenvalue weighted by molar-refractivity contribution is 6.33. The molecule has 166 valence electrons. The number of hydrogen-bond donors (Lipinski definition) is 4. The lowest BCUT2D eigenvalue weighted by molar-refractivity contribution is 0.0854. The number of aliphatic hydroxyl groups is 1. The topological polar surface area (TPSA) is 73.4 Å². The van der Waals surface area contributed by atoms with Gasteiger partial charge in [-0.05, 0) is 73.0 Å². The van der Waals surface area contributed by atoms with E-state index in [2.05, 4.69) is 16.0 Å². The molecule has 4 unspecified atom stereocenters. The molecule has 3 fully saturated rings. The molecule has 3 saturated carbocycles. The van der Waals surface area contributed by atoms with E-state index in [1.165, 1.54) is 44.9 Å². The summed E-state index contributed by atoms with van der Waals surface area (Å²) in [5, 5.41) is 19.1. The van der Waals surface area contributed by atoms with E-state index in [-0.39, 0.29) is 12.5 Å². The molecule has 0 aromatic heterocycles. The van der Waals surface area contributed by atoms with Crippen LogP contribution in [0, 0.1) is 23.2 Å². The van der Waals surface area contributed by atoms with Crippen molar-refractivity contribution < 1.29 is 9.90 Å². The molecule has 4 N–H and O–H groups in total. The average molecular weight is 434 g/mol. The van der Waals surface area contributed by atoms with Crippen molar-refractivity contribution in [1.82, 2.24) is 16.0 Å². The van der Waals surface area contributed by atoms with Crippen molar-refractivity contribution >= 4 is 17.5 Å². The quantitative estimate of drug-likeness (QED) is 0.427. The molecule has 0 aliphatic heterocycles. The Bertz CT molecular complexity index is 743. The Morgan fingerprint density at radius 1 is 1.13 bits per heavy atom. The third-order valence-electron chi connectivity index (χ3n) is 7.63. The van der Waals surface area contributed by atoms with Crippen molar-refractivity contribution in [1.29, 1.82) is 0 Å². The summed E-state index contributed by atoms with van der Waals surface area (Å²) >= 11 is 6.38. The van der Waals surface area contributed by atoms with E-state index in [0.717, 1.165) is 43.0 Å². The molecule has 4 rings (SSSR count). The van der Waals surface area contributed by atoms with Crippen LogP contribution in [-0.2, 0) is 6.54 Å². The molecular weight excluding hydrogens is 398 g/mol. The number of rotatable bonds is 10. The predicted octanol–water partition coefficient (Wildman–Crippen LogP) is 3.35. The molecule has 3 bridgehead atoms. The van der Waals surface area contributed by atoms with Gasteiger partial charge in [-0.1, -0.05) is 30.5 Å². The van der Waals surface area contributed by atoms with Crippen LogP contribution in [0.15, 0.2) is 18.2 Å². The number of carbonyl (C=O) groups excluding carboxylic acids is 1. The van der Waals surface area contributed by atoms with E-state index in [0.29, 0.717) is 29.1 Å². The lowest BCUT2D eigenvalue weighted by Gasteiger charge is -2.40. The largest absolute Gasteiger partial charge is 0.395 e. The molecule has 3 aliphatic rings. The summed E-state index contributed by atoms with van der Waals surface area (Å²) in [5.74, 6) is 2.69. The van der Waals surface area contributed by atoms with Crippen LogP contribution in [0.2, 0.25) is 5.02 Å². The van der Waals surface area contributed by atoms with Gasteiger partial charge in [-0.3, -0.25) is 4.79 Å². The Morgan fingerprint density at radius 2 is 1.97 bits per heavy atom. The fourth-order valence-corrected chi connectivity index (χ4v) is 6.57. The SMILES string of the molecule is O=C(NCC12CCCC3CC(CC3C1)C2)c1cc(CNCCNCCO)ccc1Cl. The van der Waals surface area contributed by atoms with E-state index in [4.69, 9.17) is 16.7 Å². The third kappa shape index (κ3) is 5.18. The minimum Gasteiger partial charge on any atom is -0.395 e. The molecule has 1 aromatic rings. The second kappa shape index (κ2) is 9.99. The monoisotopic (exact) mass is 433 g/mol. The summed E-state index contributed by atoms with van der Waals surface area (Å²) in [6.45, 7) is 3.84. The average Bonchev–Trinajstić information content (AvgIpc) is 2.96. The van der Waals surface area contributed by atoms with Gasteiger partial charge in [0, 0.05) is 32.7 Å². The number of hydrogen-bond acceptors (Lipinski definition) is 4. The Morgan fingerprint density at radius 3 is 2.83 bits per heavy atom. The molecule has 3 aliphatic carbocycles. The fourth-order valence-electron chi connectivity index (χ4n) is 6.37. The number of carbonyl (C=O) groups is 1. The van der Waals surface area contributed by atoms with Gasteiger partial charge in [-0.2, -0.15) is 0 Å². The molecule has 30 heavy (non-hydrogen) atoms. The van der Waals surface area contributed by atoms with Gasteiger partial charge in [0.15, 0.2) is 0 Å². The standard InChI is InChI=1S/C24H36ClN3O2/c25-22-4-3-17(15-27-7-6-26-8-9-29)12-21(22)23(30)28-16-24-5-1-2-19-10-18(13-24)11-20(19)14-24/h3-4,12,18-20,26-27,29H,1-2,5-11,13-16H2,(H,28,30). The first-order chi connectivity index (χ1) is 14.6. The highest BCUT2D eigenvalue weighted by Crippen LogP contribution is 2.58. The van der Waals surface area contributed by atoms with Crippen LogP contribution in [0.5, 0.6) is 0 Å². The Balaban J connectivity index is 1.32. The number of aliphatic hydroxyl groups excluding tert-OH is 1. The van der Waals surface area contributed by atoms with Crippen molar-refractivity contribution in [2.75, 3.05) is 32.8 Å². The molecule has 1 amide bonds. The first-order valence-electron chi connectivity index (χ1n) is 11.7. The molecule has 0 heterocycles. The minimum absolute atomic E-state index is 0.0421. The van der Waals surface area contributed by atoms with Crippen LogP contribution in [0.1, 0.15) is 60.9 Å². The highest BCUT2D eigenvalue weighted by Gasteiger charge is 2.49. The summed E-state index contributed by atoms with van der Waals surface area (Å²) in [7, 11) is 0. The lowest BCUT2D eigenvalue weighted by Crippen LogP contribution is -2.41. The summed E-state index contributed by atoms with van der Waals surface area (Å²) in [6, 6.07) is 5.71. The smallest absolute Gasteiger partial charge is 0.252 e. The van der Waals surface area contributed by atoms with Gasteiger partial charge < -0.3 is 21.1 Å². The molecule has 0 radical (unpaired) electrons. The fraction of sp³-hybridized carbons (Fsp3) is 0.708. The molecule has 1 aromatic carbocycles. The second-order valence-electron chi connectivity index (χ2n) is 9.81. The number of nitrogens with one attached hydrogen (secondary N) is 3. The van der Waals surface area contributed by atoms with Gasteiger partial charge in [0.25, 0.3) is 5.91 Å². The molecule has 0 saturated heterocycles. The van der Waals surface area contributed by atoms with E-state index >= 15 is 0 Å². The van der Waals surface area contributed by atoms with Crippen LogP contribution in [0.4, 0.5) is 0 Å². The number of halogens is 1. The van der Waals surface area contributed by atoms with Gasteiger partial charge in [0.1, 0.15) is 0 Å². The molecule has 4 atom stereocenters. The normalized spacial score (nSPS) is 29.7. The van der Waals surface area contributed by atoms with E-state index < -0.39 is 0 Å². The molecule has 0 spiro atoms. The first-order valence-corrected chi connectivity index (χ1v) is 12.1. The molecule has 5 nitrogen and oxygen atoms in total. The second-order valence-corrected chi connectivity index (χ2v) is 10.2. The summed E-state index contributed by atoms with van der Waals surface area (Å²) in [6.07, 6.45) is 9.43. The van der Waals surface area contributed by atoms with Gasteiger partial charge >= 0.3 is 0 Å². The number of amides is 1. The van der Waals surface area contributed by atoms with Gasteiger partial charge in [-0.15, -0.1) is 0 Å². The Kier molecular flexibility index (Phi) is 7.35. The third-order valence-corrected chi connectivity index (χ3v) is 7.96. The zero-order valence-electron chi connectivity index (χ0n) is 17.9. The van der Waals surface area contributed by atoms with E-state index in [1.54, 1.807) is 0 Å². The van der Waals surface area contributed by atoms with Crippen molar-refractivity contribution in [2.24, 2.45) is 23.2 Å². The Hall–Kier alpha value is -1.14. The first kappa shape index (κ1) is 22.1. The van der Waals surface area contributed by atoms with Crippen LogP contribution >= 0.6 is 11.6 Å². The Labute approximate surface area is 185 Å². The van der Waals surface area contributed by atoms with Crippen LogP contribution in [-0.4, -0.2) is 43.8 Å². The van der Waals surface area contributed by atoms with Crippen molar-refractivity contribution in [3.63, 3.8) is 0 Å². The van der Waals surface area contributed by atoms with Crippen molar-refractivity contribution in [3.05, 3.63) is 34.3 Å². The maximum atomic E-state index is 13.0. The van der Waals surface area contributed by atoms with Crippen LogP contribution < -0.4 is 16.0 Å². The van der Waals surface area contributed by atoms with Gasteiger partial charge in [0.2, 0.25) is 0 Å². The summed E-state index contributed by atoms with van der Waals surface area (Å²) < 4.78 is 0. The zero-order valence-corrected chi connectivity index (χ0v) is 18.6.